The number of rotatable bonds is 3. The highest BCUT2D eigenvalue weighted by atomic mass is 19.1. The Morgan fingerprint density at radius 1 is 1.28 bits per heavy atom. The van der Waals surface area contributed by atoms with Crippen LogP contribution in [0.5, 0.6) is 0 Å². The van der Waals surface area contributed by atoms with E-state index in [1.165, 1.54) is 12.3 Å². The minimum absolute atomic E-state index is 0.0227. The van der Waals surface area contributed by atoms with Gasteiger partial charge in [-0.25, -0.2) is 4.39 Å². The molecule has 1 aromatic carbocycles. The number of carbonyl (C=O) groups is 1. The number of anilines is 1. The van der Waals surface area contributed by atoms with Gasteiger partial charge in [0.15, 0.2) is 5.82 Å². The second-order valence-corrected chi connectivity index (χ2v) is 3.73. The van der Waals surface area contributed by atoms with Gasteiger partial charge in [0.1, 0.15) is 12.0 Å². The SMILES string of the molecule is C=Cc1cnc(-c2ccc(C=O)cc2)c(F)c1N. The van der Waals surface area contributed by atoms with Gasteiger partial charge in [0.05, 0.1) is 5.69 Å². The first-order valence-corrected chi connectivity index (χ1v) is 5.29. The van der Waals surface area contributed by atoms with Gasteiger partial charge in [0.2, 0.25) is 0 Å². The van der Waals surface area contributed by atoms with Crippen LogP contribution in [0, 0.1) is 5.82 Å². The van der Waals surface area contributed by atoms with Crippen molar-refractivity contribution in [2.75, 3.05) is 5.73 Å². The number of hydrogen-bond acceptors (Lipinski definition) is 3. The van der Waals surface area contributed by atoms with Crippen LogP contribution in [0.25, 0.3) is 17.3 Å². The standard InChI is InChI=1S/C14H11FN2O/c1-2-10-7-17-14(12(15)13(10)16)11-5-3-9(8-18)4-6-11/h2-8H,1H2,(H2,16,17). The van der Waals surface area contributed by atoms with Gasteiger partial charge in [0.25, 0.3) is 0 Å². The maximum atomic E-state index is 14.0. The molecule has 0 fully saturated rings. The second kappa shape index (κ2) is 4.79. The lowest BCUT2D eigenvalue weighted by Crippen LogP contribution is -1.99. The van der Waals surface area contributed by atoms with Crippen molar-refractivity contribution >= 4 is 18.0 Å². The summed E-state index contributed by atoms with van der Waals surface area (Å²) in [6, 6.07) is 6.45. The summed E-state index contributed by atoms with van der Waals surface area (Å²) in [6.45, 7) is 3.53. The lowest BCUT2D eigenvalue weighted by Gasteiger charge is -2.07. The van der Waals surface area contributed by atoms with Gasteiger partial charge >= 0.3 is 0 Å². The summed E-state index contributed by atoms with van der Waals surface area (Å²) < 4.78 is 14.0. The van der Waals surface area contributed by atoms with E-state index < -0.39 is 5.82 Å². The van der Waals surface area contributed by atoms with Crippen LogP contribution in [0.15, 0.2) is 37.0 Å². The largest absolute Gasteiger partial charge is 0.396 e. The Labute approximate surface area is 104 Å². The van der Waals surface area contributed by atoms with E-state index in [4.69, 9.17) is 5.73 Å². The van der Waals surface area contributed by atoms with E-state index in [0.29, 0.717) is 16.7 Å². The molecular formula is C14H11FN2O. The van der Waals surface area contributed by atoms with Gasteiger partial charge in [-0.3, -0.25) is 9.78 Å². The number of pyridine rings is 1. The zero-order valence-electron chi connectivity index (χ0n) is 9.56. The van der Waals surface area contributed by atoms with Crippen LogP contribution < -0.4 is 5.73 Å². The van der Waals surface area contributed by atoms with Crippen LogP contribution in [-0.2, 0) is 0 Å². The van der Waals surface area contributed by atoms with Crippen LogP contribution >= 0.6 is 0 Å². The molecule has 90 valence electrons. The van der Waals surface area contributed by atoms with Gasteiger partial charge in [-0.2, -0.15) is 0 Å². The molecule has 0 aliphatic rings. The van der Waals surface area contributed by atoms with Gasteiger partial charge in [-0.05, 0) is 0 Å². The molecule has 0 saturated carbocycles. The Bertz CT molecular complexity index is 606. The maximum absolute atomic E-state index is 14.0. The lowest BCUT2D eigenvalue weighted by atomic mass is 10.1. The second-order valence-electron chi connectivity index (χ2n) is 3.73. The number of nitrogen functional groups attached to an aromatic ring is 1. The molecule has 0 radical (unpaired) electrons. The number of nitrogens with zero attached hydrogens (tertiary/aromatic N) is 1. The average molecular weight is 242 g/mol. The van der Waals surface area contributed by atoms with E-state index in [1.807, 2.05) is 0 Å². The van der Waals surface area contributed by atoms with E-state index >= 15 is 0 Å². The number of aldehydes is 1. The minimum atomic E-state index is -0.578. The van der Waals surface area contributed by atoms with Crippen molar-refractivity contribution in [2.24, 2.45) is 0 Å². The van der Waals surface area contributed by atoms with Gasteiger partial charge in [-0.15, -0.1) is 0 Å². The first kappa shape index (κ1) is 12.0. The Morgan fingerprint density at radius 2 is 1.94 bits per heavy atom. The Hall–Kier alpha value is -2.49. The molecular weight excluding hydrogens is 231 g/mol. The van der Waals surface area contributed by atoms with Crippen LogP contribution in [0.4, 0.5) is 10.1 Å². The van der Waals surface area contributed by atoms with Crippen molar-refractivity contribution in [3.05, 3.63) is 54.0 Å². The van der Waals surface area contributed by atoms with E-state index in [0.717, 1.165) is 6.29 Å². The van der Waals surface area contributed by atoms with Gasteiger partial charge in [0, 0.05) is 22.9 Å². The number of halogens is 1. The highest BCUT2D eigenvalue weighted by molar-refractivity contribution is 5.77. The van der Waals surface area contributed by atoms with Crippen molar-refractivity contribution in [3.63, 3.8) is 0 Å². The molecule has 2 N–H and O–H groups in total. The van der Waals surface area contributed by atoms with Gasteiger partial charge < -0.3 is 5.73 Å². The highest BCUT2D eigenvalue weighted by Gasteiger charge is 2.12. The Morgan fingerprint density at radius 3 is 2.50 bits per heavy atom. The van der Waals surface area contributed by atoms with E-state index in [1.54, 1.807) is 24.3 Å². The summed E-state index contributed by atoms with van der Waals surface area (Å²) in [7, 11) is 0. The van der Waals surface area contributed by atoms with Crippen molar-refractivity contribution in [2.45, 2.75) is 0 Å². The summed E-state index contributed by atoms with van der Waals surface area (Å²) in [4.78, 5) is 14.6. The fourth-order valence-electron chi connectivity index (χ4n) is 1.60. The third-order valence-corrected chi connectivity index (χ3v) is 2.63. The molecule has 0 saturated heterocycles. The molecule has 0 bridgehead atoms. The molecule has 0 aliphatic heterocycles. The molecule has 1 heterocycles. The van der Waals surface area contributed by atoms with Crippen LogP contribution in [0.2, 0.25) is 0 Å². The summed E-state index contributed by atoms with van der Waals surface area (Å²) in [6.07, 6.45) is 3.64. The number of aromatic nitrogens is 1. The summed E-state index contributed by atoms with van der Waals surface area (Å²) in [5.41, 5.74) is 7.38. The van der Waals surface area contributed by atoms with E-state index in [9.17, 15) is 9.18 Å². The normalized spacial score (nSPS) is 10.1. The third kappa shape index (κ3) is 2.00. The van der Waals surface area contributed by atoms with E-state index in [2.05, 4.69) is 11.6 Å². The van der Waals surface area contributed by atoms with Crippen LogP contribution in [0.3, 0.4) is 0 Å². The molecule has 1 aromatic heterocycles. The van der Waals surface area contributed by atoms with Crippen LogP contribution in [0.1, 0.15) is 15.9 Å². The molecule has 18 heavy (non-hydrogen) atoms. The van der Waals surface area contributed by atoms with Crippen molar-refractivity contribution in [3.8, 4) is 11.3 Å². The number of benzene rings is 1. The molecule has 0 spiro atoms. The highest BCUT2D eigenvalue weighted by Crippen LogP contribution is 2.26. The quantitative estimate of drug-likeness (QED) is 0.842. The summed E-state index contributed by atoms with van der Waals surface area (Å²) >= 11 is 0. The molecule has 0 unspecified atom stereocenters. The summed E-state index contributed by atoms with van der Waals surface area (Å²) in [5.74, 6) is -0.578. The molecule has 0 amide bonds. The zero-order valence-corrected chi connectivity index (χ0v) is 9.56. The van der Waals surface area contributed by atoms with Crippen LogP contribution in [-0.4, -0.2) is 11.3 Å². The Kier molecular flexibility index (Phi) is 3.19. The number of carbonyl (C=O) groups excluding carboxylic acids is 1. The molecule has 2 rings (SSSR count). The number of nitrogens with two attached hydrogens (primary N) is 1. The predicted molar refractivity (Wildman–Crippen MR) is 69.5 cm³/mol. The zero-order chi connectivity index (χ0) is 13.1. The molecule has 4 heteroatoms. The Balaban J connectivity index is 2.53. The van der Waals surface area contributed by atoms with Crippen molar-refractivity contribution in [1.29, 1.82) is 0 Å². The monoisotopic (exact) mass is 242 g/mol. The van der Waals surface area contributed by atoms with Crippen molar-refractivity contribution in [1.82, 2.24) is 4.98 Å². The topological polar surface area (TPSA) is 56.0 Å². The first-order chi connectivity index (χ1) is 8.67. The third-order valence-electron chi connectivity index (χ3n) is 2.63. The van der Waals surface area contributed by atoms with Crippen molar-refractivity contribution < 1.29 is 9.18 Å². The molecule has 2 aromatic rings. The first-order valence-electron chi connectivity index (χ1n) is 5.29. The predicted octanol–water partition coefficient (Wildman–Crippen LogP) is 2.93. The fourth-order valence-corrected chi connectivity index (χ4v) is 1.60. The molecule has 0 aliphatic carbocycles. The summed E-state index contributed by atoms with van der Waals surface area (Å²) in [5, 5.41) is 0. The molecule has 0 atom stereocenters. The number of hydrogen-bond donors (Lipinski definition) is 1. The smallest absolute Gasteiger partial charge is 0.172 e. The minimum Gasteiger partial charge on any atom is -0.396 e. The molecule has 3 nitrogen and oxygen atoms in total. The fraction of sp³-hybridized carbons (Fsp3) is 0. The maximum Gasteiger partial charge on any atom is 0.172 e. The lowest BCUT2D eigenvalue weighted by molar-refractivity contribution is 0.112. The van der Waals surface area contributed by atoms with Gasteiger partial charge in [-0.1, -0.05) is 36.9 Å². The van der Waals surface area contributed by atoms with E-state index in [-0.39, 0.29) is 11.4 Å². The average Bonchev–Trinajstić information content (AvgIpc) is 2.42.